The van der Waals surface area contributed by atoms with Crippen LogP contribution in [0, 0.1) is 0 Å². The zero-order chi connectivity index (χ0) is 20.5. The molecule has 3 rings (SSSR count). The van der Waals surface area contributed by atoms with Crippen molar-refractivity contribution in [3.63, 3.8) is 0 Å². The maximum atomic E-state index is 12.3. The number of benzene rings is 1. The third-order valence-corrected chi connectivity index (χ3v) is 5.05. The fourth-order valence-corrected chi connectivity index (χ4v) is 3.51. The van der Waals surface area contributed by atoms with Gasteiger partial charge in [-0.1, -0.05) is 12.1 Å². The average Bonchev–Trinajstić information content (AvgIpc) is 3.10. The Balaban J connectivity index is 1.41. The summed E-state index contributed by atoms with van der Waals surface area (Å²) in [5.74, 6) is 1.43. The number of nitrogens with zero attached hydrogens (tertiary/aromatic N) is 2. The first-order valence-electron chi connectivity index (χ1n) is 9.99. The molecule has 1 aromatic heterocycles. The molecule has 1 aromatic carbocycles. The van der Waals surface area contributed by atoms with E-state index in [1.54, 1.807) is 24.3 Å². The molecule has 0 radical (unpaired) electrons. The van der Waals surface area contributed by atoms with Gasteiger partial charge < -0.3 is 24.8 Å². The number of pyridine rings is 1. The quantitative estimate of drug-likeness (QED) is 0.563. The first kappa shape index (κ1) is 21.1. The summed E-state index contributed by atoms with van der Waals surface area (Å²) in [6.07, 6.45) is 5.09. The highest BCUT2D eigenvalue weighted by molar-refractivity contribution is 5.78. The number of ether oxygens (including phenoxy) is 2. The first-order valence-corrected chi connectivity index (χ1v) is 9.99. The van der Waals surface area contributed by atoms with Gasteiger partial charge in [0, 0.05) is 37.5 Å². The number of β-amino-alcohol motifs (C(OH)–C–C–N with tert-alkyl or cyclic N) is 1. The second-order valence-electron chi connectivity index (χ2n) is 7.21. The molecule has 1 fully saturated rings. The Bertz CT molecular complexity index is 772. The third-order valence-electron chi connectivity index (χ3n) is 5.05. The lowest BCUT2D eigenvalue weighted by Gasteiger charge is -2.27. The molecule has 0 unspecified atom stereocenters. The predicted molar refractivity (Wildman–Crippen MR) is 110 cm³/mol. The van der Waals surface area contributed by atoms with Gasteiger partial charge in [-0.25, -0.2) is 0 Å². The number of amides is 1. The van der Waals surface area contributed by atoms with Crippen molar-refractivity contribution in [2.75, 3.05) is 26.8 Å². The number of methoxy groups -OCH3 is 1. The van der Waals surface area contributed by atoms with Crippen molar-refractivity contribution in [1.82, 2.24) is 15.2 Å². The molecule has 0 saturated carbocycles. The molecule has 1 saturated heterocycles. The van der Waals surface area contributed by atoms with Crippen LogP contribution in [-0.2, 0) is 11.3 Å². The number of carbonyl (C=O) groups is 1. The standard InChI is InChI=1S/C22H29N3O4/c1-28-20-5-2-6-21(12-20)29-16-19(26)15-25-18(7-8-22(25)27)9-11-24-14-17-4-3-10-23-13-17/h2-6,10,12-13,18-19,24,26H,7-9,11,14-16H2,1H3/t18-,19+/m1/s1. The zero-order valence-electron chi connectivity index (χ0n) is 16.8. The van der Waals surface area contributed by atoms with Crippen molar-refractivity contribution < 1.29 is 19.4 Å². The van der Waals surface area contributed by atoms with Crippen LogP contribution in [0.1, 0.15) is 24.8 Å². The SMILES string of the molecule is COc1cccc(OC[C@@H](O)CN2C(=O)CC[C@@H]2CCNCc2cccnc2)c1. The average molecular weight is 399 g/mol. The zero-order valence-corrected chi connectivity index (χ0v) is 16.8. The highest BCUT2D eigenvalue weighted by atomic mass is 16.5. The highest BCUT2D eigenvalue weighted by Crippen LogP contribution is 2.22. The van der Waals surface area contributed by atoms with Gasteiger partial charge in [0.25, 0.3) is 0 Å². The van der Waals surface area contributed by atoms with Crippen LogP contribution in [0.2, 0.25) is 0 Å². The summed E-state index contributed by atoms with van der Waals surface area (Å²) in [5.41, 5.74) is 1.14. The molecule has 1 aliphatic rings. The number of aliphatic hydroxyl groups is 1. The van der Waals surface area contributed by atoms with E-state index in [1.807, 2.05) is 36.5 Å². The van der Waals surface area contributed by atoms with E-state index in [2.05, 4.69) is 10.3 Å². The van der Waals surface area contributed by atoms with Crippen LogP contribution >= 0.6 is 0 Å². The maximum Gasteiger partial charge on any atom is 0.222 e. The van der Waals surface area contributed by atoms with Crippen LogP contribution in [0.4, 0.5) is 0 Å². The largest absolute Gasteiger partial charge is 0.497 e. The fourth-order valence-electron chi connectivity index (χ4n) is 3.51. The Morgan fingerprint density at radius 2 is 2.17 bits per heavy atom. The van der Waals surface area contributed by atoms with Gasteiger partial charge in [-0.2, -0.15) is 0 Å². The van der Waals surface area contributed by atoms with E-state index in [4.69, 9.17) is 9.47 Å². The molecule has 0 bridgehead atoms. The van der Waals surface area contributed by atoms with E-state index >= 15 is 0 Å². The van der Waals surface area contributed by atoms with Crippen molar-refractivity contribution >= 4 is 5.91 Å². The van der Waals surface area contributed by atoms with Gasteiger partial charge in [0.15, 0.2) is 0 Å². The van der Waals surface area contributed by atoms with E-state index < -0.39 is 6.10 Å². The van der Waals surface area contributed by atoms with Gasteiger partial charge in [0.1, 0.15) is 24.2 Å². The monoisotopic (exact) mass is 399 g/mol. The van der Waals surface area contributed by atoms with Crippen LogP contribution in [0.5, 0.6) is 11.5 Å². The number of rotatable bonds is 11. The van der Waals surface area contributed by atoms with Crippen molar-refractivity contribution in [2.45, 2.75) is 38.0 Å². The van der Waals surface area contributed by atoms with Gasteiger partial charge in [-0.05, 0) is 43.1 Å². The van der Waals surface area contributed by atoms with E-state index in [1.165, 1.54) is 0 Å². The van der Waals surface area contributed by atoms with E-state index in [-0.39, 0.29) is 25.1 Å². The molecule has 0 spiro atoms. The second kappa shape index (κ2) is 10.8. The van der Waals surface area contributed by atoms with E-state index in [0.29, 0.717) is 17.9 Å². The summed E-state index contributed by atoms with van der Waals surface area (Å²) in [6, 6.07) is 11.3. The lowest BCUT2D eigenvalue weighted by molar-refractivity contribution is -0.130. The van der Waals surface area contributed by atoms with Gasteiger partial charge in [-0.3, -0.25) is 9.78 Å². The summed E-state index contributed by atoms with van der Waals surface area (Å²) in [7, 11) is 1.60. The van der Waals surface area contributed by atoms with Crippen molar-refractivity contribution in [3.05, 3.63) is 54.4 Å². The summed E-state index contributed by atoms with van der Waals surface area (Å²) in [4.78, 5) is 18.2. The predicted octanol–water partition coefficient (Wildman–Crippen LogP) is 2.00. The Morgan fingerprint density at radius 3 is 2.97 bits per heavy atom. The number of aliphatic hydroxyl groups excluding tert-OH is 1. The van der Waals surface area contributed by atoms with Crippen LogP contribution < -0.4 is 14.8 Å². The van der Waals surface area contributed by atoms with Crippen molar-refractivity contribution in [3.8, 4) is 11.5 Å². The molecule has 29 heavy (non-hydrogen) atoms. The molecule has 2 atom stereocenters. The molecular formula is C22H29N3O4. The van der Waals surface area contributed by atoms with Crippen LogP contribution in [0.15, 0.2) is 48.8 Å². The Kier molecular flexibility index (Phi) is 7.84. The molecular weight excluding hydrogens is 370 g/mol. The topological polar surface area (TPSA) is 83.9 Å². The minimum atomic E-state index is -0.742. The molecule has 156 valence electrons. The van der Waals surface area contributed by atoms with E-state index in [0.717, 1.165) is 31.5 Å². The number of aromatic nitrogens is 1. The molecule has 7 nitrogen and oxygen atoms in total. The summed E-state index contributed by atoms with van der Waals surface area (Å²) < 4.78 is 10.8. The Morgan fingerprint density at radius 1 is 1.31 bits per heavy atom. The molecule has 2 heterocycles. The second-order valence-corrected chi connectivity index (χ2v) is 7.21. The highest BCUT2D eigenvalue weighted by Gasteiger charge is 2.31. The van der Waals surface area contributed by atoms with Gasteiger partial charge >= 0.3 is 0 Å². The van der Waals surface area contributed by atoms with Crippen molar-refractivity contribution in [2.24, 2.45) is 0 Å². The lowest BCUT2D eigenvalue weighted by Crippen LogP contribution is -2.42. The number of carbonyl (C=O) groups excluding carboxylic acids is 1. The van der Waals surface area contributed by atoms with Gasteiger partial charge in [0.2, 0.25) is 5.91 Å². The number of likely N-dealkylation sites (tertiary alicyclic amines) is 1. The number of nitrogens with one attached hydrogen (secondary N) is 1. The number of hydrogen-bond donors (Lipinski definition) is 2. The minimum Gasteiger partial charge on any atom is -0.497 e. The fraction of sp³-hybridized carbons (Fsp3) is 0.455. The van der Waals surface area contributed by atoms with Crippen LogP contribution in [0.25, 0.3) is 0 Å². The normalized spacial score (nSPS) is 17.4. The molecule has 2 aromatic rings. The molecule has 7 heteroatoms. The first-order chi connectivity index (χ1) is 14.2. The van der Waals surface area contributed by atoms with Gasteiger partial charge in [0.05, 0.1) is 13.7 Å². The summed E-state index contributed by atoms with van der Waals surface area (Å²) >= 11 is 0. The molecule has 0 aliphatic carbocycles. The number of hydrogen-bond acceptors (Lipinski definition) is 6. The molecule has 1 aliphatic heterocycles. The smallest absolute Gasteiger partial charge is 0.222 e. The third kappa shape index (κ3) is 6.44. The Hall–Kier alpha value is -2.64. The minimum absolute atomic E-state index is 0.0997. The van der Waals surface area contributed by atoms with Crippen LogP contribution in [-0.4, -0.2) is 59.8 Å². The van der Waals surface area contributed by atoms with Gasteiger partial charge in [-0.15, -0.1) is 0 Å². The summed E-state index contributed by atoms with van der Waals surface area (Å²) in [5, 5.41) is 13.8. The molecule has 2 N–H and O–H groups in total. The van der Waals surface area contributed by atoms with E-state index in [9.17, 15) is 9.90 Å². The van der Waals surface area contributed by atoms with Crippen LogP contribution in [0.3, 0.4) is 0 Å². The lowest BCUT2D eigenvalue weighted by atomic mass is 10.1. The Labute approximate surface area is 171 Å². The summed E-state index contributed by atoms with van der Waals surface area (Å²) in [6.45, 7) is 1.98. The maximum absolute atomic E-state index is 12.3. The van der Waals surface area contributed by atoms with Crippen molar-refractivity contribution in [1.29, 1.82) is 0 Å². The molecule has 1 amide bonds.